The second-order valence-corrected chi connectivity index (χ2v) is 6.85. The lowest BCUT2D eigenvalue weighted by Gasteiger charge is -2.34. The van der Waals surface area contributed by atoms with Crippen molar-refractivity contribution in [1.82, 2.24) is 4.90 Å². The van der Waals surface area contributed by atoms with E-state index >= 15 is 0 Å². The number of primary amides is 1. The molecule has 0 bridgehead atoms. The number of hydrogen-bond acceptors (Lipinski definition) is 4. The topological polar surface area (TPSA) is 81.9 Å². The molecule has 6 nitrogen and oxygen atoms in total. The van der Waals surface area contributed by atoms with Gasteiger partial charge in [-0.05, 0) is 37.7 Å². The zero-order valence-corrected chi connectivity index (χ0v) is 14.6. The number of benzene rings is 1. The first-order valence-electron chi connectivity index (χ1n) is 8.93. The molecule has 2 saturated heterocycles. The quantitative estimate of drug-likeness (QED) is 0.876. The Bertz CT molecular complexity index is 626. The maximum Gasteiger partial charge on any atom is 0.246 e. The molecule has 2 aliphatic heterocycles. The summed E-state index contributed by atoms with van der Waals surface area (Å²) < 4.78 is 11.1. The Morgan fingerprint density at radius 2 is 1.92 bits per heavy atom. The molecule has 3 rings (SSSR count). The number of hydrogen-bond donors (Lipinski definition) is 1. The van der Waals surface area contributed by atoms with Crippen molar-refractivity contribution in [3.63, 3.8) is 0 Å². The molecule has 2 amide bonds. The number of methoxy groups -OCH3 is 1. The number of nitrogens with two attached hydrogens (primary N) is 1. The third-order valence-electron chi connectivity index (χ3n) is 5.32. The molecule has 25 heavy (non-hydrogen) atoms. The van der Waals surface area contributed by atoms with Gasteiger partial charge in [0.25, 0.3) is 0 Å². The summed E-state index contributed by atoms with van der Waals surface area (Å²) in [6, 6.07) is 7.63. The van der Waals surface area contributed by atoms with E-state index in [1.807, 2.05) is 29.2 Å². The maximum atomic E-state index is 12.6. The Kier molecular flexibility index (Phi) is 5.58. The highest BCUT2D eigenvalue weighted by atomic mass is 16.5. The van der Waals surface area contributed by atoms with Crippen molar-refractivity contribution in [3.05, 3.63) is 29.8 Å². The highest BCUT2D eigenvalue weighted by Crippen LogP contribution is 2.32. The van der Waals surface area contributed by atoms with Gasteiger partial charge in [0.05, 0.1) is 19.6 Å². The van der Waals surface area contributed by atoms with Crippen LogP contribution in [0.4, 0.5) is 0 Å². The van der Waals surface area contributed by atoms with Gasteiger partial charge in [-0.2, -0.15) is 0 Å². The van der Waals surface area contributed by atoms with Crippen molar-refractivity contribution in [2.24, 2.45) is 11.7 Å². The predicted molar refractivity (Wildman–Crippen MR) is 93.1 cm³/mol. The number of piperidine rings is 1. The zero-order chi connectivity index (χ0) is 17.8. The van der Waals surface area contributed by atoms with Gasteiger partial charge in [-0.15, -0.1) is 0 Å². The van der Waals surface area contributed by atoms with Crippen LogP contribution >= 0.6 is 0 Å². The van der Waals surface area contributed by atoms with Crippen molar-refractivity contribution in [2.45, 2.75) is 44.3 Å². The largest absolute Gasteiger partial charge is 0.496 e. The van der Waals surface area contributed by atoms with Gasteiger partial charge in [-0.3, -0.25) is 9.59 Å². The molecule has 1 aromatic carbocycles. The lowest BCUT2D eigenvalue weighted by molar-refractivity contribution is -0.133. The Labute approximate surface area is 148 Å². The SMILES string of the molecule is COc1ccccc1CC(=O)N1CCC([C@@H]2CC[C@H](C(N)=O)O2)CC1. The van der Waals surface area contributed by atoms with Crippen LogP contribution in [0, 0.1) is 5.92 Å². The van der Waals surface area contributed by atoms with Crippen molar-refractivity contribution in [2.75, 3.05) is 20.2 Å². The minimum absolute atomic E-state index is 0.101. The molecule has 2 aliphatic rings. The third-order valence-corrected chi connectivity index (χ3v) is 5.32. The minimum Gasteiger partial charge on any atom is -0.496 e. The van der Waals surface area contributed by atoms with Crippen LogP contribution < -0.4 is 10.5 Å². The summed E-state index contributed by atoms with van der Waals surface area (Å²) in [6.45, 7) is 1.47. The second kappa shape index (κ2) is 7.87. The van der Waals surface area contributed by atoms with Crippen molar-refractivity contribution >= 4 is 11.8 Å². The van der Waals surface area contributed by atoms with E-state index in [0.29, 0.717) is 18.8 Å². The lowest BCUT2D eigenvalue weighted by Crippen LogP contribution is -2.42. The summed E-state index contributed by atoms with van der Waals surface area (Å²) >= 11 is 0. The first-order valence-corrected chi connectivity index (χ1v) is 8.93. The van der Waals surface area contributed by atoms with Crippen molar-refractivity contribution < 1.29 is 19.1 Å². The highest BCUT2D eigenvalue weighted by molar-refractivity contribution is 5.80. The summed E-state index contributed by atoms with van der Waals surface area (Å²) in [7, 11) is 1.62. The summed E-state index contributed by atoms with van der Waals surface area (Å²) in [5.74, 6) is 0.916. The smallest absolute Gasteiger partial charge is 0.246 e. The van der Waals surface area contributed by atoms with Crippen LogP contribution in [0.25, 0.3) is 0 Å². The highest BCUT2D eigenvalue weighted by Gasteiger charge is 2.36. The molecule has 2 N–H and O–H groups in total. The second-order valence-electron chi connectivity index (χ2n) is 6.85. The van der Waals surface area contributed by atoms with Gasteiger partial charge in [0.2, 0.25) is 11.8 Å². The minimum atomic E-state index is -0.435. The molecule has 2 atom stereocenters. The van der Waals surface area contributed by atoms with Crippen LogP contribution in [0.5, 0.6) is 5.75 Å². The fourth-order valence-electron chi connectivity index (χ4n) is 3.86. The summed E-state index contributed by atoms with van der Waals surface area (Å²) in [4.78, 5) is 25.7. The number of para-hydroxylation sites is 1. The zero-order valence-electron chi connectivity index (χ0n) is 14.6. The van der Waals surface area contributed by atoms with Gasteiger partial charge in [-0.1, -0.05) is 18.2 Å². The average Bonchev–Trinajstić information content (AvgIpc) is 3.13. The molecular weight excluding hydrogens is 320 g/mol. The van der Waals surface area contributed by atoms with E-state index in [9.17, 15) is 9.59 Å². The molecule has 6 heteroatoms. The van der Waals surface area contributed by atoms with Crippen molar-refractivity contribution in [3.8, 4) is 5.75 Å². The standard InChI is InChI=1S/C19H26N2O4/c1-24-15-5-3-2-4-14(15)12-18(22)21-10-8-13(9-11-21)16-6-7-17(25-16)19(20)23/h2-5,13,16-17H,6-12H2,1H3,(H2,20,23)/t16-,17+/m0/s1. The number of ether oxygens (including phenoxy) is 2. The fourth-order valence-corrected chi connectivity index (χ4v) is 3.86. The van der Waals surface area contributed by atoms with Crippen LogP contribution in [0.1, 0.15) is 31.2 Å². The fraction of sp³-hybridized carbons (Fsp3) is 0.579. The van der Waals surface area contributed by atoms with E-state index in [1.165, 1.54) is 0 Å². The van der Waals surface area contributed by atoms with Crippen LogP contribution in [0.15, 0.2) is 24.3 Å². The van der Waals surface area contributed by atoms with Gasteiger partial charge in [0.15, 0.2) is 0 Å². The number of nitrogens with zero attached hydrogens (tertiary/aromatic N) is 1. The molecular formula is C19H26N2O4. The Morgan fingerprint density at radius 1 is 1.20 bits per heavy atom. The first kappa shape index (κ1) is 17.7. The van der Waals surface area contributed by atoms with Crippen LogP contribution in [-0.2, 0) is 20.7 Å². The molecule has 0 aromatic heterocycles. The number of amides is 2. The maximum absolute atomic E-state index is 12.6. The van der Waals surface area contributed by atoms with E-state index in [0.717, 1.165) is 43.7 Å². The van der Waals surface area contributed by atoms with E-state index in [2.05, 4.69) is 0 Å². The molecule has 2 fully saturated rings. The van der Waals surface area contributed by atoms with Crippen LogP contribution in [-0.4, -0.2) is 49.1 Å². The molecule has 0 saturated carbocycles. The Morgan fingerprint density at radius 3 is 2.56 bits per heavy atom. The van der Waals surface area contributed by atoms with E-state index in [1.54, 1.807) is 7.11 Å². The molecule has 0 unspecified atom stereocenters. The Hall–Kier alpha value is -2.08. The van der Waals surface area contributed by atoms with Gasteiger partial charge < -0.3 is 20.1 Å². The van der Waals surface area contributed by atoms with Crippen LogP contribution in [0.2, 0.25) is 0 Å². The normalized spacial score (nSPS) is 24.3. The predicted octanol–water partition coefficient (Wildman–Crippen LogP) is 1.51. The number of likely N-dealkylation sites (tertiary alicyclic amines) is 1. The first-order chi connectivity index (χ1) is 12.1. The van der Waals surface area contributed by atoms with E-state index < -0.39 is 6.10 Å². The van der Waals surface area contributed by atoms with Gasteiger partial charge in [-0.25, -0.2) is 0 Å². The molecule has 0 aliphatic carbocycles. The van der Waals surface area contributed by atoms with Gasteiger partial charge in [0.1, 0.15) is 11.9 Å². The van der Waals surface area contributed by atoms with Gasteiger partial charge >= 0.3 is 0 Å². The average molecular weight is 346 g/mol. The van der Waals surface area contributed by atoms with Crippen LogP contribution in [0.3, 0.4) is 0 Å². The molecule has 2 heterocycles. The van der Waals surface area contributed by atoms with E-state index in [4.69, 9.17) is 15.2 Å². The third kappa shape index (κ3) is 4.12. The molecule has 0 radical (unpaired) electrons. The number of carbonyl (C=O) groups excluding carboxylic acids is 2. The lowest BCUT2D eigenvalue weighted by atomic mass is 9.89. The summed E-state index contributed by atoms with van der Waals surface area (Å²) in [6.07, 6.45) is 3.44. The van der Waals surface area contributed by atoms with E-state index in [-0.39, 0.29) is 17.9 Å². The molecule has 1 aromatic rings. The summed E-state index contributed by atoms with van der Waals surface area (Å²) in [5, 5.41) is 0. The summed E-state index contributed by atoms with van der Waals surface area (Å²) in [5.41, 5.74) is 6.24. The van der Waals surface area contributed by atoms with Crippen molar-refractivity contribution in [1.29, 1.82) is 0 Å². The number of carbonyl (C=O) groups is 2. The molecule has 136 valence electrons. The Balaban J connectivity index is 1.50. The monoisotopic (exact) mass is 346 g/mol. The number of rotatable bonds is 5. The molecule has 0 spiro atoms. The van der Waals surface area contributed by atoms with Gasteiger partial charge in [0, 0.05) is 18.7 Å².